The smallest absolute Gasteiger partial charge is 0.113 e. The van der Waals surface area contributed by atoms with Gasteiger partial charge in [0.2, 0.25) is 0 Å². The number of hydrogen-bond donors (Lipinski definition) is 0. The lowest BCUT2D eigenvalue weighted by molar-refractivity contribution is 0.00370. The fourth-order valence-corrected chi connectivity index (χ4v) is 5.12. The number of nitrogens with zero attached hydrogens (tertiary/aromatic N) is 5. The lowest BCUT2D eigenvalue weighted by Gasteiger charge is -2.53. The fraction of sp³-hybridized carbons (Fsp3) is 0.636. The topological polar surface area (TPSA) is 46.4 Å². The van der Waals surface area contributed by atoms with Gasteiger partial charge in [0.25, 0.3) is 0 Å². The molecule has 0 radical (unpaired) electrons. The van der Waals surface area contributed by atoms with Gasteiger partial charge in [0.1, 0.15) is 5.69 Å². The van der Waals surface area contributed by atoms with Crippen molar-refractivity contribution < 1.29 is 4.74 Å². The molecule has 6 nitrogen and oxygen atoms in total. The molecule has 1 spiro atoms. The van der Waals surface area contributed by atoms with Crippen LogP contribution in [0.5, 0.6) is 0 Å². The summed E-state index contributed by atoms with van der Waals surface area (Å²) < 4.78 is 7.77. The number of hydrogen-bond acceptors (Lipinski definition) is 5. The number of likely N-dealkylation sites (tertiary alicyclic amines) is 1. The Morgan fingerprint density at radius 1 is 1.21 bits per heavy atom. The molecule has 2 aromatic rings. The molecule has 4 heterocycles. The van der Waals surface area contributed by atoms with Crippen LogP contribution in [-0.2, 0) is 11.3 Å². The Labute approximate surface area is 167 Å². The summed E-state index contributed by atoms with van der Waals surface area (Å²) >= 11 is 0. The summed E-state index contributed by atoms with van der Waals surface area (Å²) in [6, 6.07) is 6.76. The summed E-state index contributed by atoms with van der Waals surface area (Å²) in [4.78, 5) is 5.06. The van der Waals surface area contributed by atoms with Crippen LogP contribution in [0.15, 0.2) is 24.4 Å². The van der Waals surface area contributed by atoms with E-state index >= 15 is 0 Å². The first-order valence-electron chi connectivity index (χ1n) is 10.7. The summed E-state index contributed by atoms with van der Waals surface area (Å²) in [7, 11) is 2.28. The van der Waals surface area contributed by atoms with Crippen molar-refractivity contribution in [3.8, 4) is 11.3 Å². The molecule has 0 aliphatic carbocycles. The third-order valence-corrected chi connectivity index (χ3v) is 6.97. The van der Waals surface area contributed by atoms with Gasteiger partial charge in [0, 0.05) is 30.9 Å². The van der Waals surface area contributed by atoms with Gasteiger partial charge in [0.15, 0.2) is 0 Å². The van der Waals surface area contributed by atoms with Gasteiger partial charge in [-0.2, -0.15) is 0 Å². The van der Waals surface area contributed by atoms with Gasteiger partial charge < -0.3 is 9.64 Å². The van der Waals surface area contributed by atoms with Crippen LogP contribution in [0.4, 0.5) is 5.69 Å². The molecular formula is C22H31N5O. The molecule has 3 saturated heterocycles. The standard InChI is InChI=1S/C22H31N5O/c1-17-12-18(26-15-22(16-26)9-5-10-25(22)2)7-8-20(17)21-14-27(24-23-21)13-19-6-3-4-11-28-19/h7-8,12,14,19H,3-6,9-11,13,15-16H2,1-2H3. The van der Waals surface area contributed by atoms with Crippen LogP contribution in [-0.4, -0.2) is 64.8 Å². The molecule has 1 unspecified atom stereocenters. The Morgan fingerprint density at radius 3 is 2.82 bits per heavy atom. The van der Waals surface area contributed by atoms with Crippen molar-refractivity contribution in [2.75, 3.05) is 38.2 Å². The van der Waals surface area contributed by atoms with Gasteiger partial charge in [-0.05, 0) is 70.3 Å². The summed E-state index contributed by atoms with van der Waals surface area (Å²) in [5.74, 6) is 0. The van der Waals surface area contributed by atoms with Crippen LogP contribution in [0, 0.1) is 6.92 Å². The van der Waals surface area contributed by atoms with Crippen LogP contribution < -0.4 is 4.90 Å². The number of rotatable bonds is 4. The van der Waals surface area contributed by atoms with Crippen molar-refractivity contribution in [2.45, 2.75) is 57.2 Å². The van der Waals surface area contributed by atoms with Crippen molar-refractivity contribution in [1.29, 1.82) is 0 Å². The lowest BCUT2D eigenvalue weighted by atomic mass is 9.86. The Morgan fingerprint density at radius 2 is 2.11 bits per heavy atom. The zero-order valence-corrected chi connectivity index (χ0v) is 17.1. The molecule has 3 fully saturated rings. The number of aromatic nitrogens is 3. The third-order valence-electron chi connectivity index (χ3n) is 6.97. The van der Waals surface area contributed by atoms with Crippen molar-refractivity contribution >= 4 is 5.69 Å². The van der Waals surface area contributed by atoms with E-state index in [2.05, 4.69) is 58.5 Å². The lowest BCUT2D eigenvalue weighted by Crippen LogP contribution is -2.67. The molecule has 3 aliphatic heterocycles. The van der Waals surface area contributed by atoms with Gasteiger partial charge in [0.05, 0.1) is 24.4 Å². The zero-order valence-electron chi connectivity index (χ0n) is 17.1. The van der Waals surface area contributed by atoms with E-state index in [-0.39, 0.29) is 6.10 Å². The monoisotopic (exact) mass is 381 g/mol. The van der Waals surface area contributed by atoms with Crippen LogP contribution in [0.1, 0.15) is 37.7 Å². The number of aryl methyl sites for hydroxylation is 1. The maximum absolute atomic E-state index is 5.83. The highest BCUT2D eigenvalue weighted by Crippen LogP contribution is 2.39. The Hall–Kier alpha value is -1.92. The maximum Gasteiger partial charge on any atom is 0.113 e. The van der Waals surface area contributed by atoms with E-state index in [1.54, 1.807) is 0 Å². The minimum atomic E-state index is 0.277. The van der Waals surface area contributed by atoms with Gasteiger partial charge in [-0.15, -0.1) is 5.10 Å². The summed E-state index contributed by atoms with van der Waals surface area (Å²) in [5.41, 5.74) is 5.15. The molecule has 0 amide bonds. The Kier molecular flexibility index (Phi) is 4.63. The van der Waals surface area contributed by atoms with Gasteiger partial charge in [-0.3, -0.25) is 4.90 Å². The van der Waals surface area contributed by atoms with Crippen LogP contribution in [0.25, 0.3) is 11.3 Å². The Balaban J connectivity index is 1.27. The normalized spacial score (nSPS) is 24.6. The van der Waals surface area contributed by atoms with Crippen molar-refractivity contribution in [3.05, 3.63) is 30.0 Å². The van der Waals surface area contributed by atoms with E-state index in [1.807, 2.05) is 4.68 Å². The molecular weight excluding hydrogens is 350 g/mol. The first-order valence-corrected chi connectivity index (χ1v) is 10.7. The molecule has 0 N–H and O–H groups in total. The highest BCUT2D eigenvalue weighted by molar-refractivity contribution is 5.67. The SMILES string of the molecule is Cc1cc(N2CC3(CCCN3C)C2)ccc1-c1cn(CC2CCCCO2)nn1. The molecule has 150 valence electrons. The first kappa shape index (κ1) is 18.1. The fourth-order valence-electron chi connectivity index (χ4n) is 5.12. The van der Waals surface area contributed by atoms with Crippen molar-refractivity contribution in [2.24, 2.45) is 0 Å². The number of likely N-dealkylation sites (N-methyl/N-ethyl adjacent to an activating group) is 1. The molecule has 0 bridgehead atoms. The predicted molar refractivity (Wildman–Crippen MR) is 111 cm³/mol. The number of benzene rings is 1. The highest BCUT2D eigenvalue weighted by Gasteiger charge is 2.48. The van der Waals surface area contributed by atoms with Crippen molar-refractivity contribution in [3.63, 3.8) is 0 Å². The molecule has 3 aliphatic rings. The van der Waals surface area contributed by atoms with E-state index in [9.17, 15) is 0 Å². The summed E-state index contributed by atoms with van der Waals surface area (Å²) in [6.07, 6.45) is 8.56. The van der Waals surface area contributed by atoms with Gasteiger partial charge in [-0.25, -0.2) is 4.68 Å². The summed E-state index contributed by atoms with van der Waals surface area (Å²) in [5, 5.41) is 8.77. The van der Waals surface area contributed by atoms with Crippen LogP contribution >= 0.6 is 0 Å². The average molecular weight is 382 g/mol. The second-order valence-electron chi connectivity index (χ2n) is 8.92. The average Bonchev–Trinajstić information content (AvgIpc) is 3.28. The largest absolute Gasteiger partial charge is 0.376 e. The predicted octanol–water partition coefficient (Wildman–Crippen LogP) is 3.11. The van der Waals surface area contributed by atoms with E-state index < -0.39 is 0 Å². The minimum absolute atomic E-state index is 0.277. The molecule has 1 atom stereocenters. The molecule has 6 heteroatoms. The molecule has 1 aromatic carbocycles. The summed E-state index contributed by atoms with van der Waals surface area (Å²) in [6.45, 7) is 7.40. The van der Waals surface area contributed by atoms with Gasteiger partial charge >= 0.3 is 0 Å². The van der Waals surface area contributed by atoms with E-state index in [0.717, 1.165) is 38.4 Å². The maximum atomic E-state index is 5.83. The number of ether oxygens (including phenoxy) is 1. The number of anilines is 1. The minimum Gasteiger partial charge on any atom is -0.376 e. The third kappa shape index (κ3) is 3.22. The molecule has 0 saturated carbocycles. The quantitative estimate of drug-likeness (QED) is 0.814. The van der Waals surface area contributed by atoms with E-state index in [1.165, 1.54) is 49.0 Å². The Bertz CT molecular complexity index is 835. The van der Waals surface area contributed by atoms with Crippen LogP contribution in [0.2, 0.25) is 0 Å². The highest BCUT2D eigenvalue weighted by atomic mass is 16.5. The zero-order chi connectivity index (χ0) is 19.1. The first-order chi connectivity index (χ1) is 13.6. The second-order valence-corrected chi connectivity index (χ2v) is 8.92. The van der Waals surface area contributed by atoms with Crippen molar-refractivity contribution in [1.82, 2.24) is 19.9 Å². The van der Waals surface area contributed by atoms with E-state index in [0.29, 0.717) is 5.54 Å². The van der Waals surface area contributed by atoms with Crippen LogP contribution in [0.3, 0.4) is 0 Å². The molecule has 5 rings (SSSR count). The molecule has 1 aromatic heterocycles. The molecule has 28 heavy (non-hydrogen) atoms. The van der Waals surface area contributed by atoms with E-state index in [4.69, 9.17) is 4.74 Å². The second kappa shape index (κ2) is 7.16. The van der Waals surface area contributed by atoms with Gasteiger partial charge in [-0.1, -0.05) is 11.3 Å².